The molecule has 3 fully saturated rings. The molecule has 10 nitrogen and oxygen atoms in total. The zero-order valence-corrected chi connectivity index (χ0v) is 17.6. The van der Waals surface area contributed by atoms with Crippen LogP contribution in [-0.4, -0.2) is 98.4 Å². The molecule has 0 aromatic carbocycles. The fourth-order valence-corrected chi connectivity index (χ4v) is 4.10. The molecule has 28 heavy (non-hydrogen) atoms. The van der Waals surface area contributed by atoms with Crippen molar-refractivity contribution >= 4 is 0 Å². The van der Waals surface area contributed by atoms with E-state index in [1.807, 2.05) is 0 Å². The van der Waals surface area contributed by atoms with Crippen molar-refractivity contribution in [2.75, 3.05) is 28.4 Å². The van der Waals surface area contributed by atoms with Crippen LogP contribution in [0, 0.1) is 0 Å². The zero-order chi connectivity index (χ0) is 21.1. The van der Waals surface area contributed by atoms with Gasteiger partial charge in [-0.3, -0.25) is 0 Å². The highest BCUT2D eigenvalue weighted by Gasteiger charge is 2.68. The lowest BCUT2D eigenvalue weighted by Gasteiger charge is -2.61. The van der Waals surface area contributed by atoms with E-state index >= 15 is 0 Å². The topological polar surface area (TPSA) is 114 Å². The average Bonchev–Trinajstić information content (AvgIpc) is 2.69. The van der Waals surface area contributed by atoms with Crippen LogP contribution in [0.3, 0.4) is 0 Å². The van der Waals surface area contributed by atoms with Crippen LogP contribution in [-0.2, 0) is 37.9 Å². The Morgan fingerprint density at radius 3 is 0.821 bits per heavy atom. The van der Waals surface area contributed by atoms with Gasteiger partial charge in [0.25, 0.3) is 0 Å². The number of rotatable bonds is 4. The van der Waals surface area contributed by atoms with Gasteiger partial charge in [0.05, 0.1) is 0 Å². The summed E-state index contributed by atoms with van der Waals surface area (Å²) >= 11 is 0. The maximum atomic E-state index is 11.0. The molecule has 10 heteroatoms. The smallest absolute Gasteiger partial charge is 0.220 e. The quantitative estimate of drug-likeness (QED) is 0.645. The summed E-state index contributed by atoms with van der Waals surface area (Å²) in [5, 5.41) is 22.1. The van der Waals surface area contributed by atoms with Crippen molar-refractivity contribution in [3.05, 3.63) is 0 Å². The van der Waals surface area contributed by atoms with Gasteiger partial charge in [-0.05, 0) is 27.7 Å². The van der Waals surface area contributed by atoms with E-state index in [1.54, 1.807) is 27.7 Å². The molecule has 3 aliphatic rings. The molecule has 2 N–H and O–H groups in total. The van der Waals surface area contributed by atoms with E-state index in [4.69, 9.17) is 37.9 Å². The predicted molar refractivity (Wildman–Crippen MR) is 93.2 cm³/mol. The first-order valence-electron chi connectivity index (χ1n) is 9.23. The molecule has 0 aromatic rings. The Balaban J connectivity index is 1.97. The minimum Gasteiger partial charge on any atom is -0.387 e. The van der Waals surface area contributed by atoms with E-state index in [1.165, 1.54) is 28.4 Å². The largest absolute Gasteiger partial charge is 0.387 e. The van der Waals surface area contributed by atoms with Crippen molar-refractivity contribution in [2.45, 2.75) is 87.5 Å². The van der Waals surface area contributed by atoms with Crippen molar-refractivity contribution in [2.24, 2.45) is 0 Å². The third-order valence-electron chi connectivity index (χ3n) is 6.65. The van der Waals surface area contributed by atoms with E-state index < -0.39 is 59.8 Å². The first-order chi connectivity index (χ1) is 12.9. The summed E-state index contributed by atoms with van der Waals surface area (Å²) in [6.45, 7) is 6.55. The summed E-state index contributed by atoms with van der Waals surface area (Å²) in [5.41, 5.74) is 0. The average molecular weight is 408 g/mol. The number of hydrogen-bond donors (Lipinski definition) is 2. The van der Waals surface area contributed by atoms with Gasteiger partial charge in [0, 0.05) is 28.4 Å². The Labute approximate surface area is 164 Å². The number of aliphatic hydroxyl groups is 2. The summed E-state index contributed by atoms with van der Waals surface area (Å²) < 4.78 is 46.2. The lowest BCUT2D eigenvalue weighted by Crippen LogP contribution is -2.79. The lowest BCUT2D eigenvalue weighted by atomic mass is 9.81. The Hall–Kier alpha value is -0.400. The van der Waals surface area contributed by atoms with Crippen LogP contribution >= 0.6 is 0 Å². The Kier molecular flexibility index (Phi) is 5.64. The van der Waals surface area contributed by atoms with E-state index in [9.17, 15) is 10.2 Å². The van der Waals surface area contributed by atoms with Crippen LogP contribution < -0.4 is 0 Å². The molecule has 0 amide bonds. The monoisotopic (exact) mass is 408 g/mol. The van der Waals surface area contributed by atoms with Crippen LogP contribution in [0.4, 0.5) is 0 Å². The van der Waals surface area contributed by atoms with Crippen molar-refractivity contribution in [3.63, 3.8) is 0 Å². The van der Waals surface area contributed by atoms with E-state index in [0.29, 0.717) is 0 Å². The van der Waals surface area contributed by atoms with Crippen molar-refractivity contribution in [1.82, 2.24) is 0 Å². The highest BCUT2D eigenvalue weighted by Crippen LogP contribution is 2.48. The number of ether oxygens (including phenoxy) is 8. The number of methoxy groups -OCH3 is 4. The molecule has 2 heterocycles. The first-order valence-corrected chi connectivity index (χ1v) is 9.23. The van der Waals surface area contributed by atoms with Crippen molar-refractivity contribution < 1.29 is 48.1 Å². The highest BCUT2D eigenvalue weighted by molar-refractivity contribution is 5.09. The second-order valence-corrected chi connectivity index (χ2v) is 7.91. The Morgan fingerprint density at radius 1 is 0.500 bits per heavy atom. The second-order valence-electron chi connectivity index (χ2n) is 7.91. The molecule has 2 saturated heterocycles. The van der Waals surface area contributed by atoms with E-state index in [0.717, 1.165) is 0 Å². The summed E-state index contributed by atoms with van der Waals surface area (Å²) in [6, 6.07) is 0. The normalized spacial score (nSPS) is 56.8. The Bertz CT molecular complexity index is 493. The molecular weight excluding hydrogens is 376 g/mol. The molecule has 2 aliphatic heterocycles. The van der Waals surface area contributed by atoms with Crippen LogP contribution in [0.25, 0.3) is 0 Å². The fraction of sp³-hybridized carbons (Fsp3) is 1.00. The lowest BCUT2D eigenvalue weighted by molar-refractivity contribution is -0.503. The second kappa shape index (κ2) is 7.09. The summed E-state index contributed by atoms with van der Waals surface area (Å²) in [5.74, 6) is -5.34. The highest BCUT2D eigenvalue weighted by atomic mass is 16.8. The van der Waals surface area contributed by atoms with Gasteiger partial charge < -0.3 is 48.1 Å². The Morgan fingerprint density at radius 2 is 0.679 bits per heavy atom. The molecular formula is C18H32O10. The molecule has 0 aromatic heterocycles. The van der Waals surface area contributed by atoms with Gasteiger partial charge >= 0.3 is 0 Å². The third-order valence-corrected chi connectivity index (χ3v) is 6.65. The molecule has 1 saturated carbocycles. The predicted octanol–water partition coefficient (Wildman–Crippen LogP) is -0.260. The number of fused-ring (bicyclic) bond motifs is 2. The van der Waals surface area contributed by atoms with Gasteiger partial charge in [-0.2, -0.15) is 0 Å². The summed E-state index contributed by atoms with van der Waals surface area (Å²) in [6.07, 6.45) is -6.24. The molecule has 0 radical (unpaired) electrons. The van der Waals surface area contributed by atoms with Crippen molar-refractivity contribution in [1.29, 1.82) is 0 Å². The molecule has 10 atom stereocenters. The van der Waals surface area contributed by atoms with Gasteiger partial charge in [-0.1, -0.05) is 0 Å². The number of hydrogen-bond acceptors (Lipinski definition) is 10. The van der Waals surface area contributed by atoms with Crippen LogP contribution in [0.15, 0.2) is 0 Å². The van der Waals surface area contributed by atoms with Crippen molar-refractivity contribution in [3.8, 4) is 0 Å². The molecule has 6 unspecified atom stereocenters. The molecule has 3 rings (SSSR count). The fourth-order valence-electron chi connectivity index (χ4n) is 4.10. The summed E-state index contributed by atoms with van der Waals surface area (Å²) in [7, 11) is 5.78. The minimum absolute atomic E-state index is 0.957. The van der Waals surface area contributed by atoms with Gasteiger partial charge in [-0.15, -0.1) is 0 Å². The van der Waals surface area contributed by atoms with Crippen LogP contribution in [0.2, 0.25) is 0 Å². The first kappa shape index (κ1) is 22.3. The van der Waals surface area contributed by atoms with E-state index in [-0.39, 0.29) is 0 Å². The third kappa shape index (κ3) is 2.86. The van der Waals surface area contributed by atoms with Gasteiger partial charge in [0.2, 0.25) is 23.1 Å². The number of aliphatic hydroxyl groups excluding tert-OH is 2. The molecule has 0 spiro atoms. The van der Waals surface area contributed by atoms with Gasteiger partial charge in [0.15, 0.2) is 0 Å². The SMILES string of the molecule is COC1(C)O[C@@H]2C(O)[C@@H]3OC(C)(OC)C(C)(OC)O[C@H]3C(O)[C@H]2OC1(C)OC. The molecule has 164 valence electrons. The summed E-state index contributed by atoms with van der Waals surface area (Å²) in [4.78, 5) is 0. The van der Waals surface area contributed by atoms with Gasteiger partial charge in [0.1, 0.15) is 36.6 Å². The van der Waals surface area contributed by atoms with Crippen LogP contribution in [0.5, 0.6) is 0 Å². The minimum atomic E-state index is -1.34. The maximum Gasteiger partial charge on any atom is 0.220 e. The molecule has 0 bridgehead atoms. The standard InChI is InChI=1S/C18H32O10/c1-15(21-5)16(2,22-6)26-12-10(20)14-13(9(19)11(12)25-15)27-17(3,23-7)18(4,24-8)28-14/h9-14,19-20H,1-8H3/t9?,10?,11-,12-,13+,14+,15?,16?,17?,18?. The zero-order valence-electron chi connectivity index (χ0n) is 17.6. The van der Waals surface area contributed by atoms with Gasteiger partial charge in [-0.25, -0.2) is 0 Å². The van der Waals surface area contributed by atoms with E-state index in [2.05, 4.69) is 0 Å². The maximum absolute atomic E-state index is 11.0. The molecule has 1 aliphatic carbocycles. The van der Waals surface area contributed by atoms with Crippen LogP contribution in [0.1, 0.15) is 27.7 Å².